The summed E-state index contributed by atoms with van der Waals surface area (Å²) in [6.45, 7) is 4.09. The maximum atomic E-state index is 10.7. The van der Waals surface area contributed by atoms with E-state index in [1.807, 2.05) is 37.3 Å². The van der Waals surface area contributed by atoms with Crippen molar-refractivity contribution in [2.24, 2.45) is 0 Å². The largest absolute Gasteiger partial charge is 0.497 e. The van der Waals surface area contributed by atoms with E-state index in [-0.39, 0.29) is 5.91 Å². The van der Waals surface area contributed by atoms with Crippen molar-refractivity contribution in [2.75, 3.05) is 13.7 Å². The molecule has 0 aliphatic carbocycles. The first-order valence-electron chi connectivity index (χ1n) is 5.19. The van der Waals surface area contributed by atoms with Gasteiger partial charge in [0.05, 0.1) is 7.11 Å². The van der Waals surface area contributed by atoms with Crippen LogP contribution in [0.25, 0.3) is 6.08 Å². The van der Waals surface area contributed by atoms with Crippen molar-refractivity contribution in [3.8, 4) is 5.75 Å². The second-order valence-corrected chi connectivity index (χ2v) is 3.56. The fourth-order valence-electron chi connectivity index (χ4n) is 1.31. The van der Waals surface area contributed by atoms with Crippen LogP contribution in [0.15, 0.2) is 24.3 Å². The van der Waals surface area contributed by atoms with Gasteiger partial charge in [-0.05, 0) is 30.2 Å². The fraction of sp³-hybridized carbons (Fsp3) is 0.308. The molecule has 16 heavy (non-hydrogen) atoms. The van der Waals surface area contributed by atoms with Gasteiger partial charge in [0, 0.05) is 13.5 Å². The van der Waals surface area contributed by atoms with E-state index < -0.39 is 0 Å². The zero-order chi connectivity index (χ0) is 12.0. The molecule has 0 saturated carbocycles. The molecule has 1 rings (SSSR count). The Kier molecular flexibility index (Phi) is 4.58. The first kappa shape index (κ1) is 12.3. The van der Waals surface area contributed by atoms with Crippen LogP contribution in [-0.4, -0.2) is 19.6 Å². The minimum atomic E-state index is -0.0213. The molecule has 1 aromatic carbocycles. The molecule has 0 radical (unpaired) electrons. The second kappa shape index (κ2) is 5.95. The summed E-state index contributed by atoms with van der Waals surface area (Å²) in [5.74, 6) is 0.816. The monoisotopic (exact) mass is 219 g/mol. The van der Waals surface area contributed by atoms with Gasteiger partial charge in [-0.1, -0.05) is 18.2 Å². The van der Waals surface area contributed by atoms with Crippen molar-refractivity contribution in [3.05, 3.63) is 35.4 Å². The summed E-state index contributed by atoms with van der Waals surface area (Å²) in [5.41, 5.74) is 2.28. The minimum Gasteiger partial charge on any atom is -0.497 e. The van der Waals surface area contributed by atoms with Gasteiger partial charge in [0.15, 0.2) is 0 Å². The SMILES string of the molecule is COc1ccc(C)c(C=CCNC(C)=O)c1. The average Bonchev–Trinajstić information content (AvgIpc) is 2.26. The number of hydrogen-bond acceptors (Lipinski definition) is 2. The van der Waals surface area contributed by atoms with Crippen molar-refractivity contribution in [1.82, 2.24) is 5.32 Å². The zero-order valence-electron chi connectivity index (χ0n) is 9.91. The summed E-state index contributed by atoms with van der Waals surface area (Å²) in [4.78, 5) is 10.7. The molecule has 3 nitrogen and oxygen atoms in total. The van der Waals surface area contributed by atoms with E-state index in [4.69, 9.17) is 4.74 Å². The third-order valence-electron chi connectivity index (χ3n) is 2.25. The number of ether oxygens (including phenoxy) is 1. The molecular weight excluding hydrogens is 202 g/mol. The van der Waals surface area contributed by atoms with E-state index >= 15 is 0 Å². The Bertz CT molecular complexity index is 397. The number of nitrogens with one attached hydrogen (secondary N) is 1. The third kappa shape index (κ3) is 3.77. The lowest BCUT2D eigenvalue weighted by Gasteiger charge is -2.04. The summed E-state index contributed by atoms with van der Waals surface area (Å²) in [7, 11) is 1.65. The molecule has 0 atom stereocenters. The van der Waals surface area contributed by atoms with Crippen LogP contribution < -0.4 is 10.1 Å². The van der Waals surface area contributed by atoms with Gasteiger partial charge in [-0.2, -0.15) is 0 Å². The van der Waals surface area contributed by atoms with Gasteiger partial charge in [0.25, 0.3) is 0 Å². The Morgan fingerprint density at radius 3 is 2.88 bits per heavy atom. The van der Waals surface area contributed by atoms with Crippen molar-refractivity contribution < 1.29 is 9.53 Å². The molecule has 0 bridgehead atoms. The highest BCUT2D eigenvalue weighted by atomic mass is 16.5. The maximum absolute atomic E-state index is 10.7. The highest BCUT2D eigenvalue weighted by Gasteiger charge is 1.96. The molecule has 1 aromatic rings. The van der Waals surface area contributed by atoms with Gasteiger partial charge in [-0.3, -0.25) is 4.79 Å². The van der Waals surface area contributed by atoms with Crippen molar-refractivity contribution in [1.29, 1.82) is 0 Å². The molecule has 3 heteroatoms. The predicted molar refractivity (Wildman–Crippen MR) is 65.4 cm³/mol. The number of hydrogen-bond donors (Lipinski definition) is 1. The molecule has 0 fully saturated rings. The van der Waals surface area contributed by atoms with E-state index in [2.05, 4.69) is 5.32 Å². The highest BCUT2D eigenvalue weighted by Crippen LogP contribution is 2.17. The van der Waals surface area contributed by atoms with Crippen molar-refractivity contribution in [2.45, 2.75) is 13.8 Å². The predicted octanol–water partition coefficient (Wildman–Crippen LogP) is 2.15. The number of carbonyl (C=O) groups excluding carboxylic acids is 1. The third-order valence-corrected chi connectivity index (χ3v) is 2.25. The Morgan fingerprint density at radius 2 is 2.25 bits per heavy atom. The van der Waals surface area contributed by atoms with E-state index in [9.17, 15) is 4.79 Å². The van der Waals surface area contributed by atoms with Crippen LogP contribution in [0, 0.1) is 6.92 Å². The number of rotatable bonds is 4. The lowest BCUT2D eigenvalue weighted by Crippen LogP contribution is -2.19. The van der Waals surface area contributed by atoms with Gasteiger partial charge < -0.3 is 10.1 Å². The topological polar surface area (TPSA) is 38.3 Å². The second-order valence-electron chi connectivity index (χ2n) is 3.56. The van der Waals surface area contributed by atoms with Crippen molar-refractivity contribution in [3.63, 3.8) is 0 Å². The Labute approximate surface area is 96.1 Å². The van der Waals surface area contributed by atoms with E-state index in [0.29, 0.717) is 6.54 Å². The smallest absolute Gasteiger partial charge is 0.217 e. The van der Waals surface area contributed by atoms with E-state index in [1.165, 1.54) is 12.5 Å². The highest BCUT2D eigenvalue weighted by molar-refractivity contribution is 5.73. The summed E-state index contributed by atoms with van der Waals surface area (Å²) >= 11 is 0. The minimum absolute atomic E-state index is 0.0213. The molecule has 0 spiro atoms. The number of methoxy groups -OCH3 is 1. The van der Waals surface area contributed by atoms with Crippen LogP contribution >= 0.6 is 0 Å². The first-order chi connectivity index (χ1) is 7.63. The van der Waals surface area contributed by atoms with Gasteiger partial charge in [-0.15, -0.1) is 0 Å². The zero-order valence-corrected chi connectivity index (χ0v) is 9.91. The molecule has 0 aliphatic rings. The van der Waals surface area contributed by atoms with Crippen LogP contribution in [0.1, 0.15) is 18.1 Å². The first-order valence-corrected chi connectivity index (χ1v) is 5.19. The van der Waals surface area contributed by atoms with E-state index in [0.717, 1.165) is 11.3 Å². The van der Waals surface area contributed by atoms with Crippen LogP contribution in [-0.2, 0) is 4.79 Å². The molecule has 0 aromatic heterocycles. The quantitative estimate of drug-likeness (QED) is 0.842. The molecule has 0 aliphatic heterocycles. The number of amides is 1. The number of benzene rings is 1. The molecule has 1 amide bonds. The summed E-state index contributed by atoms with van der Waals surface area (Å²) < 4.78 is 5.15. The average molecular weight is 219 g/mol. The van der Waals surface area contributed by atoms with Crippen LogP contribution in [0.4, 0.5) is 0 Å². The number of aryl methyl sites for hydroxylation is 1. The lowest BCUT2D eigenvalue weighted by molar-refractivity contribution is -0.118. The van der Waals surface area contributed by atoms with Gasteiger partial charge in [-0.25, -0.2) is 0 Å². The standard InChI is InChI=1S/C13H17NO2/c1-10-6-7-13(16-3)9-12(10)5-4-8-14-11(2)15/h4-7,9H,8H2,1-3H3,(H,14,15). The Hall–Kier alpha value is -1.77. The fourth-order valence-corrected chi connectivity index (χ4v) is 1.31. The number of carbonyl (C=O) groups is 1. The maximum Gasteiger partial charge on any atom is 0.217 e. The van der Waals surface area contributed by atoms with Crippen molar-refractivity contribution >= 4 is 12.0 Å². The molecule has 0 unspecified atom stereocenters. The molecule has 86 valence electrons. The normalized spacial score (nSPS) is 10.4. The van der Waals surface area contributed by atoms with Gasteiger partial charge in [0.2, 0.25) is 5.91 Å². The Morgan fingerprint density at radius 1 is 1.50 bits per heavy atom. The van der Waals surface area contributed by atoms with Crippen LogP contribution in [0.2, 0.25) is 0 Å². The van der Waals surface area contributed by atoms with Gasteiger partial charge in [0.1, 0.15) is 5.75 Å². The van der Waals surface area contributed by atoms with Gasteiger partial charge >= 0.3 is 0 Å². The lowest BCUT2D eigenvalue weighted by atomic mass is 10.1. The van der Waals surface area contributed by atoms with Crippen LogP contribution in [0.3, 0.4) is 0 Å². The van der Waals surface area contributed by atoms with Crippen LogP contribution in [0.5, 0.6) is 5.75 Å². The summed E-state index contributed by atoms with van der Waals surface area (Å²) in [5, 5.41) is 2.71. The summed E-state index contributed by atoms with van der Waals surface area (Å²) in [6.07, 6.45) is 3.90. The van der Waals surface area contributed by atoms with E-state index in [1.54, 1.807) is 7.11 Å². The molecular formula is C13H17NO2. The molecule has 0 heterocycles. The molecule has 1 N–H and O–H groups in total. The Balaban J connectivity index is 2.68. The molecule has 0 saturated heterocycles. The summed E-state index contributed by atoms with van der Waals surface area (Å²) in [6, 6.07) is 5.91.